The monoisotopic (exact) mass is 419 g/mol. The molecule has 5 rings (SSSR count). The van der Waals surface area contributed by atoms with E-state index in [1.165, 1.54) is 12.7 Å². The largest absolute Gasteiger partial charge is 0.490 e. The number of fused-ring (bicyclic) bond motifs is 1. The first-order valence-corrected chi connectivity index (χ1v) is 9.85. The highest BCUT2D eigenvalue weighted by Gasteiger charge is 2.44. The molecule has 0 unspecified atom stereocenters. The summed E-state index contributed by atoms with van der Waals surface area (Å²) < 4.78 is 13.5. The number of aliphatic hydroxyl groups excluding tert-OH is 2. The van der Waals surface area contributed by atoms with Gasteiger partial charge in [0.1, 0.15) is 42.5 Å². The van der Waals surface area contributed by atoms with Gasteiger partial charge in [-0.25, -0.2) is 15.0 Å². The maximum atomic E-state index is 10.6. The molecular formula is C22H21N5O4. The first-order valence-electron chi connectivity index (χ1n) is 9.85. The van der Waals surface area contributed by atoms with Crippen LogP contribution >= 0.6 is 0 Å². The number of benzene rings is 2. The molecule has 1 aliphatic rings. The predicted octanol–water partition coefficient (Wildman–Crippen LogP) is 1.77. The lowest BCUT2D eigenvalue weighted by Gasteiger charge is -2.17. The van der Waals surface area contributed by atoms with Gasteiger partial charge in [-0.2, -0.15) is 0 Å². The summed E-state index contributed by atoms with van der Waals surface area (Å²) in [5.41, 5.74) is 8.61. The minimum atomic E-state index is -1.19. The highest BCUT2D eigenvalue weighted by atomic mass is 16.6. The molecular weight excluding hydrogens is 398 g/mol. The van der Waals surface area contributed by atoms with Crippen molar-refractivity contribution in [2.24, 2.45) is 0 Å². The molecule has 2 aromatic carbocycles. The Morgan fingerprint density at radius 2 is 1.74 bits per heavy atom. The van der Waals surface area contributed by atoms with E-state index in [1.54, 1.807) is 4.57 Å². The van der Waals surface area contributed by atoms with Crippen molar-refractivity contribution in [1.82, 2.24) is 19.5 Å². The smallest absolute Gasteiger partial charge is 0.167 e. The quantitative estimate of drug-likeness (QED) is 0.446. The summed E-state index contributed by atoms with van der Waals surface area (Å²) in [4.78, 5) is 12.3. The van der Waals surface area contributed by atoms with E-state index in [0.29, 0.717) is 16.9 Å². The van der Waals surface area contributed by atoms with E-state index in [9.17, 15) is 10.2 Å². The van der Waals surface area contributed by atoms with Crippen LogP contribution < -0.4 is 10.5 Å². The number of nitrogens with two attached hydrogens (primary N) is 1. The van der Waals surface area contributed by atoms with Gasteiger partial charge < -0.3 is 25.4 Å². The molecule has 4 aromatic rings. The number of nitrogen functional groups attached to an aromatic ring is 1. The highest BCUT2D eigenvalue weighted by molar-refractivity contribution is 5.81. The zero-order valence-electron chi connectivity index (χ0n) is 16.4. The number of nitrogens with zero attached hydrogens (tertiary/aromatic N) is 4. The Morgan fingerprint density at radius 3 is 2.58 bits per heavy atom. The minimum absolute atomic E-state index is 0.0579. The molecule has 0 radical (unpaired) electrons. The Kier molecular flexibility index (Phi) is 4.99. The Morgan fingerprint density at radius 1 is 0.968 bits per heavy atom. The lowest BCUT2D eigenvalue weighted by atomic mass is 10.0. The summed E-state index contributed by atoms with van der Waals surface area (Å²) in [5, 5.41) is 21.2. The molecule has 0 bridgehead atoms. The number of para-hydroxylation sites is 1. The summed E-state index contributed by atoms with van der Waals surface area (Å²) in [6, 6.07) is 17.5. The molecule has 2 aromatic heterocycles. The summed E-state index contributed by atoms with van der Waals surface area (Å²) in [7, 11) is 0. The lowest BCUT2D eigenvalue weighted by molar-refractivity contribution is -0.0473. The van der Waals surface area contributed by atoms with Gasteiger partial charge in [-0.15, -0.1) is 0 Å². The molecule has 1 fully saturated rings. The summed E-state index contributed by atoms with van der Waals surface area (Å²) in [6.07, 6.45) is -1.19. The fourth-order valence-corrected chi connectivity index (χ4v) is 3.77. The van der Waals surface area contributed by atoms with Crippen LogP contribution in [0.1, 0.15) is 6.23 Å². The maximum absolute atomic E-state index is 10.6. The van der Waals surface area contributed by atoms with Crippen molar-refractivity contribution in [2.75, 3.05) is 12.3 Å². The number of ether oxygens (including phenoxy) is 2. The van der Waals surface area contributed by atoms with Crippen LogP contribution in [0.2, 0.25) is 0 Å². The van der Waals surface area contributed by atoms with Crippen molar-refractivity contribution in [2.45, 2.75) is 24.5 Å². The number of aliphatic hydroxyl groups is 2. The molecule has 0 amide bonds. The second-order valence-electron chi connectivity index (χ2n) is 7.30. The average Bonchev–Trinajstić information content (AvgIpc) is 3.35. The topological polar surface area (TPSA) is 129 Å². The number of aromatic nitrogens is 4. The van der Waals surface area contributed by atoms with Gasteiger partial charge in [-0.3, -0.25) is 4.57 Å². The van der Waals surface area contributed by atoms with E-state index in [-0.39, 0.29) is 12.4 Å². The SMILES string of the molecule is Nc1ncnc2c1ncn2[C@@H]1O[C@H](COc2ccccc2-c2ccccc2)[C@@H](O)[C@H]1O. The van der Waals surface area contributed by atoms with Crippen LogP contribution in [0.5, 0.6) is 5.75 Å². The van der Waals surface area contributed by atoms with Crippen LogP contribution in [0.25, 0.3) is 22.3 Å². The molecule has 9 nitrogen and oxygen atoms in total. The van der Waals surface area contributed by atoms with Crippen molar-refractivity contribution in [3.63, 3.8) is 0 Å². The molecule has 0 saturated carbocycles. The van der Waals surface area contributed by atoms with Crippen molar-refractivity contribution >= 4 is 17.0 Å². The Hall–Kier alpha value is -3.53. The zero-order valence-corrected chi connectivity index (χ0v) is 16.4. The van der Waals surface area contributed by atoms with E-state index >= 15 is 0 Å². The van der Waals surface area contributed by atoms with Gasteiger partial charge >= 0.3 is 0 Å². The van der Waals surface area contributed by atoms with Crippen molar-refractivity contribution in [3.8, 4) is 16.9 Å². The first kappa shape index (κ1) is 19.4. The zero-order chi connectivity index (χ0) is 21.4. The number of rotatable bonds is 5. The standard InChI is InChI=1S/C22H21N5O4/c23-20-17-21(25-11-24-20)27(12-26-17)22-19(29)18(28)16(31-22)10-30-15-9-5-4-8-14(15)13-6-2-1-3-7-13/h1-9,11-12,16,18-19,22,28-29H,10H2,(H2,23,24,25)/t16-,18-,19-,22-/m1/s1. The summed E-state index contributed by atoms with van der Waals surface area (Å²) in [5.74, 6) is 0.894. The van der Waals surface area contributed by atoms with Gasteiger partial charge in [0.05, 0.1) is 6.33 Å². The first-order chi connectivity index (χ1) is 15.1. The van der Waals surface area contributed by atoms with Gasteiger partial charge in [-0.05, 0) is 11.6 Å². The van der Waals surface area contributed by atoms with Crippen molar-refractivity contribution in [3.05, 3.63) is 67.3 Å². The Balaban J connectivity index is 1.36. The van der Waals surface area contributed by atoms with Gasteiger partial charge in [0.2, 0.25) is 0 Å². The molecule has 9 heteroatoms. The second-order valence-corrected chi connectivity index (χ2v) is 7.30. The van der Waals surface area contributed by atoms with E-state index in [2.05, 4.69) is 15.0 Å². The van der Waals surface area contributed by atoms with Gasteiger partial charge in [-0.1, -0.05) is 48.5 Å². The van der Waals surface area contributed by atoms with E-state index in [0.717, 1.165) is 11.1 Å². The molecule has 4 atom stereocenters. The van der Waals surface area contributed by atoms with Crippen LogP contribution in [-0.4, -0.2) is 54.7 Å². The number of hydrogen-bond donors (Lipinski definition) is 3. The third kappa shape index (κ3) is 3.48. The molecule has 0 aliphatic carbocycles. The molecule has 4 N–H and O–H groups in total. The Labute approximate surface area is 177 Å². The second kappa shape index (κ2) is 7.95. The lowest BCUT2D eigenvalue weighted by Crippen LogP contribution is -2.34. The van der Waals surface area contributed by atoms with Gasteiger partial charge in [0.15, 0.2) is 17.7 Å². The van der Waals surface area contributed by atoms with E-state index in [1.807, 2.05) is 54.6 Å². The fourth-order valence-electron chi connectivity index (χ4n) is 3.77. The van der Waals surface area contributed by atoms with Crippen LogP contribution in [0.4, 0.5) is 5.82 Å². The maximum Gasteiger partial charge on any atom is 0.167 e. The van der Waals surface area contributed by atoms with Gasteiger partial charge in [0.25, 0.3) is 0 Å². The fraction of sp³-hybridized carbons (Fsp3) is 0.227. The molecule has 31 heavy (non-hydrogen) atoms. The van der Waals surface area contributed by atoms with Crippen molar-refractivity contribution in [1.29, 1.82) is 0 Å². The number of hydrogen-bond acceptors (Lipinski definition) is 8. The normalized spacial score (nSPS) is 23.3. The third-order valence-corrected chi connectivity index (χ3v) is 5.37. The molecule has 1 saturated heterocycles. The van der Waals surface area contributed by atoms with Crippen LogP contribution in [0.15, 0.2) is 67.3 Å². The summed E-state index contributed by atoms with van der Waals surface area (Å²) >= 11 is 0. The molecule has 158 valence electrons. The van der Waals surface area contributed by atoms with Crippen LogP contribution in [0.3, 0.4) is 0 Å². The number of anilines is 1. The molecule has 0 spiro atoms. The van der Waals surface area contributed by atoms with Crippen molar-refractivity contribution < 1.29 is 19.7 Å². The third-order valence-electron chi connectivity index (χ3n) is 5.37. The molecule has 1 aliphatic heterocycles. The summed E-state index contributed by atoms with van der Waals surface area (Å²) in [6.45, 7) is 0.0579. The van der Waals surface area contributed by atoms with E-state index in [4.69, 9.17) is 15.2 Å². The predicted molar refractivity (Wildman–Crippen MR) is 113 cm³/mol. The van der Waals surface area contributed by atoms with Gasteiger partial charge in [0, 0.05) is 5.56 Å². The number of imidazole rings is 1. The molecule has 3 heterocycles. The van der Waals surface area contributed by atoms with Crippen LogP contribution in [0, 0.1) is 0 Å². The minimum Gasteiger partial charge on any atom is -0.490 e. The highest BCUT2D eigenvalue weighted by Crippen LogP contribution is 2.34. The average molecular weight is 419 g/mol. The van der Waals surface area contributed by atoms with Crippen LogP contribution in [-0.2, 0) is 4.74 Å². The Bertz CT molecular complexity index is 1200. The van der Waals surface area contributed by atoms with E-state index < -0.39 is 24.5 Å².